The molecule has 3 amide bonds. The standard InChI is InChI=1S/C21H25N3O3/c1-3-23(12-13-27-19-9-4-6-16(2)14-19)20(25)17-7-5-8-18(15-17)24-11-10-22-21(24)26/h4-9,14-15H,3,10-13H2,1-2H3,(H,22,26). The average molecular weight is 367 g/mol. The number of urea groups is 1. The van der Waals surface area contributed by atoms with Crippen molar-refractivity contribution in [1.82, 2.24) is 10.2 Å². The summed E-state index contributed by atoms with van der Waals surface area (Å²) in [6, 6.07) is 14.9. The van der Waals surface area contributed by atoms with Crippen LogP contribution < -0.4 is 15.0 Å². The molecule has 0 saturated carbocycles. The zero-order chi connectivity index (χ0) is 19.2. The fraction of sp³-hybridized carbons (Fsp3) is 0.333. The largest absolute Gasteiger partial charge is 0.492 e. The van der Waals surface area contributed by atoms with E-state index in [-0.39, 0.29) is 11.9 Å². The zero-order valence-electron chi connectivity index (χ0n) is 15.8. The van der Waals surface area contributed by atoms with Gasteiger partial charge in [0, 0.05) is 30.9 Å². The molecule has 6 nitrogen and oxygen atoms in total. The van der Waals surface area contributed by atoms with Gasteiger partial charge < -0.3 is 15.0 Å². The Bertz CT molecular complexity index is 822. The second-order valence-corrected chi connectivity index (χ2v) is 6.48. The number of amides is 3. The molecule has 6 heteroatoms. The Hall–Kier alpha value is -3.02. The molecule has 1 N–H and O–H groups in total. The number of carbonyl (C=O) groups is 2. The lowest BCUT2D eigenvalue weighted by Crippen LogP contribution is -2.34. The van der Waals surface area contributed by atoms with Crippen LogP contribution in [0.15, 0.2) is 48.5 Å². The summed E-state index contributed by atoms with van der Waals surface area (Å²) in [7, 11) is 0. The summed E-state index contributed by atoms with van der Waals surface area (Å²) in [5, 5.41) is 2.77. The number of nitrogens with one attached hydrogen (secondary N) is 1. The molecule has 1 aliphatic rings. The average Bonchev–Trinajstić information content (AvgIpc) is 3.11. The fourth-order valence-corrected chi connectivity index (χ4v) is 3.09. The summed E-state index contributed by atoms with van der Waals surface area (Å²) < 4.78 is 5.77. The lowest BCUT2D eigenvalue weighted by Gasteiger charge is -2.22. The molecule has 1 heterocycles. The molecule has 1 saturated heterocycles. The van der Waals surface area contributed by atoms with Crippen molar-refractivity contribution < 1.29 is 14.3 Å². The van der Waals surface area contributed by atoms with Crippen LogP contribution in [0.1, 0.15) is 22.8 Å². The van der Waals surface area contributed by atoms with Crippen LogP contribution in [0.3, 0.4) is 0 Å². The quantitative estimate of drug-likeness (QED) is 0.818. The maximum atomic E-state index is 12.9. The third-order valence-corrected chi connectivity index (χ3v) is 4.55. The van der Waals surface area contributed by atoms with Gasteiger partial charge in [0.1, 0.15) is 12.4 Å². The van der Waals surface area contributed by atoms with Gasteiger partial charge in [-0.15, -0.1) is 0 Å². The van der Waals surface area contributed by atoms with Crippen LogP contribution in [0.25, 0.3) is 0 Å². The third kappa shape index (κ3) is 4.58. The van der Waals surface area contributed by atoms with Crippen molar-refractivity contribution in [3.8, 4) is 5.75 Å². The summed E-state index contributed by atoms with van der Waals surface area (Å²) in [4.78, 5) is 28.1. The zero-order valence-corrected chi connectivity index (χ0v) is 15.8. The number of anilines is 1. The SMILES string of the molecule is CCN(CCOc1cccc(C)c1)C(=O)c1cccc(N2CCNC2=O)c1. The van der Waals surface area contributed by atoms with E-state index in [1.165, 1.54) is 0 Å². The van der Waals surface area contributed by atoms with Crippen LogP contribution in [0.2, 0.25) is 0 Å². The van der Waals surface area contributed by atoms with Crippen LogP contribution in [0.4, 0.5) is 10.5 Å². The van der Waals surface area contributed by atoms with E-state index in [0.29, 0.717) is 38.3 Å². The molecular formula is C21H25N3O3. The van der Waals surface area contributed by atoms with E-state index in [2.05, 4.69) is 5.32 Å². The molecule has 0 unspecified atom stereocenters. The van der Waals surface area contributed by atoms with E-state index in [4.69, 9.17) is 4.74 Å². The van der Waals surface area contributed by atoms with Gasteiger partial charge in [-0.1, -0.05) is 18.2 Å². The maximum Gasteiger partial charge on any atom is 0.321 e. The van der Waals surface area contributed by atoms with Gasteiger partial charge in [0.2, 0.25) is 0 Å². The second kappa shape index (κ2) is 8.58. The summed E-state index contributed by atoms with van der Waals surface area (Å²) in [6.45, 7) is 6.71. The minimum absolute atomic E-state index is 0.0632. The molecule has 3 rings (SSSR count). The monoisotopic (exact) mass is 367 g/mol. The highest BCUT2D eigenvalue weighted by Crippen LogP contribution is 2.19. The van der Waals surface area contributed by atoms with E-state index in [9.17, 15) is 9.59 Å². The number of likely N-dealkylation sites (N-methyl/N-ethyl adjacent to an activating group) is 1. The summed E-state index contributed by atoms with van der Waals surface area (Å²) in [6.07, 6.45) is 0. The van der Waals surface area contributed by atoms with Gasteiger partial charge >= 0.3 is 6.03 Å². The molecule has 27 heavy (non-hydrogen) atoms. The molecule has 0 spiro atoms. The Morgan fingerprint density at radius 1 is 1.22 bits per heavy atom. The number of carbonyl (C=O) groups excluding carboxylic acids is 2. The highest BCUT2D eigenvalue weighted by molar-refractivity contribution is 5.98. The van der Waals surface area contributed by atoms with E-state index >= 15 is 0 Å². The number of ether oxygens (including phenoxy) is 1. The van der Waals surface area contributed by atoms with Crippen molar-refractivity contribution in [2.24, 2.45) is 0 Å². The number of hydrogen-bond donors (Lipinski definition) is 1. The molecule has 1 aliphatic heterocycles. The minimum atomic E-state index is -0.126. The number of benzene rings is 2. The Balaban J connectivity index is 1.63. The Labute approximate surface area is 159 Å². The van der Waals surface area contributed by atoms with Gasteiger partial charge in [-0.25, -0.2) is 4.79 Å². The van der Waals surface area contributed by atoms with Gasteiger partial charge in [0.05, 0.1) is 6.54 Å². The van der Waals surface area contributed by atoms with E-state index < -0.39 is 0 Å². The van der Waals surface area contributed by atoms with Crippen LogP contribution in [-0.4, -0.2) is 49.6 Å². The van der Waals surface area contributed by atoms with Crippen LogP contribution in [0.5, 0.6) is 5.75 Å². The first-order chi connectivity index (χ1) is 13.1. The van der Waals surface area contributed by atoms with Crippen LogP contribution in [0, 0.1) is 6.92 Å². The van der Waals surface area contributed by atoms with E-state index in [1.807, 2.05) is 50.2 Å². The lowest BCUT2D eigenvalue weighted by atomic mass is 10.1. The molecule has 142 valence electrons. The molecule has 1 fully saturated rings. The van der Waals surface area contributed by atoms with E-state index in [0.717, 1.165) is 17.0 Å². The number of hydrogen-bond acceptors (Lipinski definition) is 3. The highest BCUT2D eigenvalue weighted by atomic mass is 16.5. The van der Waals surface area contributed by atoms with Crippen LogP contribution in [-0.2, 0) is 0 Å². The van der Waals surface area contributed by atoms with Crippen molar-refractivity contribution in [1.29, 1.82) is 0 Å². The summed E-state index contributed by atoms with van der Waals surface area (Å²) >= 11 is 0. The molecule has 0 aromatic heterocycles. The first-order valence-corrected chi connectivity index (χ1v) is 9.22. The van der Waals surface area contributed by atoms with Gasteiger partial charge in [0.25, 0.3) is 5.91 Å². The van der Waals surface area contributed by atoms with Crippen molar-refractivity contribution in [3.63, 3.8) is 0 Å². The number of aryl methyl sites for hydroxylation is 1. The topological polar surface area (TPSA) is 61.9 Å². The molecule has 0 atom stereocenters. The van der Waals surface area contributed by atoms with Gasteiger partial charge in [-0.2, -0.15) is 0 Å². The predicted octanol–water partition coefficient (Wildman–Crippen LogP) is 3.07. The number of rotatable bonds is 7. The van der Waals surface area contributed by atoms with Crippen molar-refractivity contribution >= 4 is 17.6 Å². The van der Waals surface area contributed by atoms with Crippen molar-refractivity contribution in [2.75, 3.05) is 37.7 Å². The highest BCUT2D eigenvalue weighted by Gasteiger charge is 2.22. The molecular weight excluding hydrogens is 342 g/mol. The molecule has 0 aliphatic carbocycles. The fourth-order valence-electron chi connectivity index (χ4n) is 3.09. The lowest BCUT2D eigenvalue weighted by molar-refractivity contribution is 0.0740. The first kappa shape index (κ1) is 18.8. The van der Waals surface area contributed by atoms with Gasteiger partial charge in [-0.05, 0) is 49.7 Å². The van der Waals surface area contributed by atoms with Crippen molar-refractivity contribution in [3.05, 3.63) is 59.7 Å². The van der Waals surface area contributed by atoms with Gasteiger partial charge in [-0.3, -0.25) is 9.69 Å². The van der Waals surface area contributed by atoms with E-state index in [1.54, 1.807) is 21.9 Å². The Morgan fingerprint density at radius 2 is 2.04 bits per heavy atom. The Kier molecular flexibility index (Phi) is 5.96. The minimum Gasteiger partial charge on any atom is -0.492 e. The molecule has 2 aromatic rings. The molecule has 0 radical (unpaired) electrons. The summed E-state index contributed by atoms with van der Waals surface area (Å²) in [5.41, 5.74) is 2.45. The second-order valence-electron chi connectivity index (χ2n) is 6.48. The van der Waals surface area contributed by atoms with Crippen LogP contribution >= 0.6 is 0 Å². The van der Waals surface area contributed by atoms with Gasteiger partial charge in [0.15, 0.2) is 0 Å². The predicted molar refractivity (Wildman–Crippen MR) is 105 cm³/mol. The third-order valence-electron chi connectivity index (χ3n) is 4.55. The maximum absolute atomic E-state index is 12.9. The smallest absolute Gasteiger partial charge is 0.321 e. The Morgan fingerprint density at radius 3 is 2.74 bits per heavy atom. The van der Waals surface area contributed by atoms with Crippen molar-refractivity contribution in [2.45, 2.75) is 13.8 Å². The summed E-state index contributed by atoms with van der Waals surface area (Å²) in [5.74, 6) is 0.743. The number of nitrogens with zero attached hydrogens (tertiary/aromatic N) is 2. The molecule has 2 aromatic carbocycles. The molecule has 0 bridgehead atoms. The normalized spacial score (nSPS) is 13.4. The first-order valence-electron chi connectivity index (χ1n) is 9.22.